The van der Waals surface area contributed by atoms with Crippen molar-refractivity contribution < 1.29 is 13.9 Å². The molecule has 4 nitrogen and oxygen atoms in total. The molecule has 0 aliphatic carbocycles. The minimum atomic E-state index is -0.294. The molecule has 0 spiro atoms. The van der Waals surface area contributed by atoms with Gasteiger partial charge in [0.1, 0.15) is 18.2 Å². The van der Waals surface area contributed by atoms with Gasteiger partial charge in [0.25, 0.3) is 0 Å². The molecule has 0 aromatic heterocycles. The summed E-state index contributed by atoms with van der Waals surface area (Å²) in [4.78, 5) is 11.2. The van der Waals surface area contributed by atoms with E-state index >= 15 is 0 Å². The van der Waals surface area contributed by atoms with Crippen LogP contribution in [0.25, 0.3) is 0 Å². The molecule has 1 aromatic rings. The fourth-order valence-electron chi connectivity index (χ4n) is 1.22. The molecule has 0 unspecified atom stereocenters. The first-order chi connectivity index (χ1) is 8.22. The molecule has 1 aromatic carbocycles. The zero-order chi connectivity index (χ0) is 12.5. The van der Waals surface area contributed by atoms with Gasteiger partial charge >= 0.3 is 0 Å². The van der Waals surface area contributed by atoms with Crippen LogP contribution in [0, 0.1) is 5.82 Å². The molecule has 0 aliphatic rings. The summed E-state index contributed by atoms with van der Waals surface area (Å²) in [6, 6.07) is 5.78. The van der Waals surface area contributed by atoms with Gasteiger partial charge in [-0.05, 0) is 31.3 Å². The highest BCUT2D eigenvalue weighted by atomic mass is 35.5. The van der Waals surface area contributed by atoms with Crippen LogP contribution in [0.2, 0.25) is 0 Å². The monoisotopic (exact) mass is 276 g/mol. The predicted octanol–water partition coefficient (Wildman–Crippen LogP) is 1.35. The Morgan fingerprint density at radius 3 is 2.56 bits per heavy atom. The molecule has 6 heteroatoms. The second kappa shape index (κ2) is 9.67. The number of hydrogen-bond donors (Lipinski definition) is 2. The van der Waals surface area contributed by atoms with Crippen LogP contribution in [0.5, 0.6) is 5.75 Å². The van der Waals surface area contributed by atoms with Crippen molar-refractivity contribution in [1.29, 1.82) is 0 Å². The molecule has 0 bridgehead atoms. The van der Waals surface area contributed by atoms with Crippen LogP contribution in [0.4, 0.5) is 4.39 Å². The second-order valence-corrected chi connectivity index (χ2v) is 3.51. The van der Waals surface area contributed by atoms with Crippen molar-refractivity contribution in [2.75, 3.05) is 26.7 Å². The first-order valence-corrected chi connectivity index (χ1v) is 5.52. The van der Waals surface area contributed by atoms with E-state index in [-0.39, 0.29) is 24.1 Å². The summed E-state index contributed by atoms with van der Waals surface area (Å²) in [6.07, 6.45) is 0.451. The highest BCUT2D eigenvalue weighted by Crippen LogP contribution is 2.10. The number of carbonyl (C=O) groups is 1. The zero-order valence-electron chi connectivity index (χ0n) is 10.2. The Morgan fingerprint density at radius 1 is 1.28 bits per heavy atom. The molecule has 0 heterocycles. The molecule has 18 heavy (non-hydrogen) atoms. The number of hydrogen-bond acceptors (Lipinski definition) is 3. The van der Waals surface area contributed by atoms with Gasteiger partial charge in [0, 0.05) is 13.0 Å². The van der Waals surface area contributed by atoms with Crippen molar-refractivity contribution >= 4 is 18.3 Å². The molecule has 2 N–H and O–H groups in total. The van der Waals surface area contributed by atoms with Gasteiger partial charge in [-0.3, -0.25) is 4.79 Å². The summed E-state index contributed by atoms with van der Waals surface area (Å²) < 4.78 is 17.9. The Kier molecular flexibility index (Phi) is 8.96. The van der Waals surface area contributed by atoms with E-state index in [1.807, 2.05) is 0 Å². The molecule has 1 rings (SSSR count). The van der Waals surface area contributed by atoms with Gasteiger partial charge in [0.2, 0.25) is 5.91 Å². The highest BCUT2D eigenvalue weighted by Gasteiger charge is 1.99. The van der Waals surface area contributed by atoms with Crippen molar-refractivity contribution in [1.82, 2.24) is 10.6 Å². The maximum Gasteiger partial charge on any atom is 0.221 e. The molecule has 0 radical (unpaired) electrons. The van der Waals surface area contributed by atoms with Crippen molar-refractivity contribution in [3.8, 4) is 5.75 Å². The van der Waals surface area contributed by atoms with E-state index in [2.05, 4.69) is 10.6 Å². The molecule has 0 saturated carbocycles. The van der Waals surface area contributed by atoms with Crippen LogP contribution in [0.1, 0.15) is 6.42 Å². The molecule has 102 valence electrons. The van der Waals surface area contributed by atoms with Gasteiger partial charge in [0.05, 0.1) is 6.54 Å². The Bertz CT molecular complexity index is 346. The molecule has 0 aliphatic heterocycles. The average molecular weight is 277 g/mol. The summed E-state index contributed by atoms with van der Waals surface area (Å²) in [6.45, 7) is 1.47. The molecule has 0 fully saturated rings. The van der Waals surface area contributed by atoms with Crippen LogP contribution in [-0.4, -0.2) is 32.7 Å². The Morgan fingerprint density at radius 2 is 1.94 bits per heavy atom. The van der Waals surface area contributed by atoms with E-state index in [0.717, 1.165) is 0 Å². The predicted molar refractivity (Wildman–Crippen MR) is 70.7 cm³/mol. The van der Waals surface area contributed by atoms with Gasteiger partial charge < -0.3 is 15.4 Å². The second-order valence-electron chi connectivity index (χ2n) is 3.51. The van der Waals surface area contributed by atoms with E-state index in [9.17, 15) is 9.18 Å². The molecular formula is C12H18ClFN2O2. The Balaban J connectivity index is 0.00000289. The van der Waals surface area contributed by atoms with E-state index in [1.54, 1.807) is 19.2 Å². The van der Waals surface area contributed by atoms with Gasteiger partial charge in [-0.1, -0.05) is 0 Å². The third-order valence-electron chi connectivity index (χ3n) is 2.11. The summed E-state index contributed by atoms with van der Waals surface area (Å²) in [5, 5.41) is 5.61. The molecule has 0 atom stereocenters. The molecule has 0 saturated heterocycles. The smallest absolute Gasteiger partial charge is 0.221 e. The minimum absolute atomic E-state index is 0. The number of benzene rings is 1. The topological polar surface area (TPSA) is 50.4 Å². The van der Waals surface area contributed by atoms with Crippen LogP contribution in [-0.2, 0) is 4.79 Å². The minimum Gasteiger partial charge on any atom is -0.492 e. The normalized spacial score (nSPS) is 9.44. The highest BCUT2D eigenvalue weighted by molar-refractivity contribution is 5.85. The van der Waals surface area contributed by atoms with E-state index in [1.165, 1.54) is 12.1 Å². The van der Waals surface area contributed by atoms with E-state index in [4.69, 9.17) is 4.74 Å². The van der Waals surface area contributed by atoms with Gasteiger partial charge in [-0.2, -0.15) is 0 Å². The lowest BCUT2D eigenvalue weighted by atomic mass is 10.3. The average Bonchev–Trinajstić information content (AvgIpc) is 2.34. The van der Waals surface area contributed by atoms with E-state index < -0.39 is 0 Å². The third kappa shape index (κ3) is 7.09. The van der Waals surface area contributed by atoms with Gasteiger partial charge in [-0.15, -0.1) is 12.4 Å². The molecular weight excluding hydrogens is 259 g/mol. The maximum atomic E-state index is 12.6. The van der Waals surface area contributed by atoms with Crippen molar-refractivity contribution in [2.24, 2.45) is 0 Å². The van der Waals surface area contributed by atoms with Crippen LogP contribution >= 0.6 is 12.4 Å². The quantitative estimate of drug-likeness (QED) is 0.739. The first-order valence-electron chi connectivity index (χ1n) is 5.52. The first kappa shape index (κ1) is 16.7. The number of rotatable bonds is 7. The van der Waals surface area contributed by atoms with Crippen molar-refractivity contribution in [3.63, 3.8) is 0 Å². The standard InChI is InChI=1S/C12H17FN2O2.ClH/c1-14-7-6-12(16)15-8-9-17-11-4-2-10(13)3-5-11;/h2-5,14H,6-9H2,1H3,(H,15,16);1H. The lowest BCUT2D eigenvalue weighted by Crippen LogP contribution is -2.30. The number of nitrogens with one attached hydrogen (secondary N) is 2. The number of carbonyl (C=O) groups excluding carboxylic acids is 1. The van der Waals surface area contributed by atoms with Gasteiger partial charge in [-0.25, -0.2) is 4.39 Å². The number of ether oxygens (including phenoxy) is 1. The number of amides is 1. The SMILES string of the molecule is CNCCC(=O)NCCOc1ccc(F)cc1.Cl. The van der Waals surface area contributed by atoms with Crippen LogP contribution in [0.15, 0.2) is 24.3 Å². The fraction of sp³-hybridized carbons (Fsp3) is 0.417. The summed E-state index contributed by atoms with van der Waals surface area (Å²) in [5.74, 6) is 0.288. The molecule has 1 amide bonds. The van der Waals surface area contributed by atoms with E-state index in [0.29, 0.717) is 31.9 Å². The summed E-state index contributed by atoms with van der Waals surface area (Å²) in [5.41, 5.74) is 0. The van der Waals surface area contributed by atoms with Gasteiger partial charge in [0.15, 0.2) is 0 Å². The third-order valence-corrected chi connectivity index (χ3v) is 2.11. The Labute approximate surface area is 112 Å². The van der Waals surface area contributed by atoms with Crippen molar-refractivity contribution in [3.05, 3.63) is 30.1 Å². The largest absolute Gasteiger partial charge is 0.492 e. The fourth-order valence-corrected chi connectivity index (χ4v) is 1.22. The lowest BCUT2D eigenvalue weighted by molar-refractivity contribution is -0.121. The number of halogens is 2. The van der Waals surface area contributed by atoms with Crippen LogP contribution < -0.4 is 15.4 Å². The lowest BCUT2D eigenvalue weighted by Gasteiger charge is -2.07. The van der Waals surface area contributed by atoms with Crippen molar-refractivity contribution in [2.45, 2.75) is 6.42 Å². The zero-order valence-corrected chi connectivity index (χ0v) is 11.1. The van der Waals surface area contributed by atoms with Crippen LogP contribution in [0.3, 0.4) is 0 Å². The Hall–Kier alpha value is -1.33. The summed E-state index contributed by atoms with van der Waals surface area (Å²) in [7, 11) is 1.80. The maximum absolute atomic E-state index is 12.6. The summed E-state index contributed by atoms with van der Waals surface area (Å²) >= 11 is 0.